The molecule has 34 heavy (non-hydrogen) atoms. The number of ether oxygens (including phenoxy) is 3. The third-order valence-electron chi connectivity index (χ3n) is 5.99. The zero-order chi connectivity index (χ0) is 23.7. The number of aliphatic hydroxyl groups excluding tert-OH is 1. The molecule has 174 valence electrons. The van der Waals surface area contributed by atoms with Gasteiger partial charge in [-0.25, -0.2) is 4.98 Å². The zero-order valence-electron chi connectivity index (χ0n) is 18.5. The fourth-order valence-electron chi connectivity index (χ4n) is 4.29. The molecule has 0 aliphatic carbocycles. The largest absolute Gasteiger partial charge is 0.507 e. The minimum absolute atomic E-state index is 0.0386. The van der Waals surface area contributed by atoms with Gasteiger partial charge in [0.15, 0.2) is 11.5 Å². The molecular formula is C25H23N3O6. The Morgan fingerprint density at radius 3 is 2.65 bits per heavy atom. The molecule has 2 aromatic carbocycles. The van der Waals surface area contributed by atoms with E-state index in [1.165, 1.54) is 4.90 Å². The van der Waals surface area contributed by atoms with E-state index in [0.29, 0.717) is 47.9 Å². The van der Waals surface area contributed by atoms with Crippen molar-refractivity contribution in [3.05, 3.63) is 77.9 Å². The second-order valence-electron chi connectivity index (χ2n) is 7.99. The fraction of sp³-hybridized carbons (Fsp3) is 0.240. The number of carbonyl (C=O) groups is 2. The lowest BCUT2D eigenvalue weighted by atomic mass is 9.95. The summed E-state index contributed by atoms with van der Waals surface area (Å²) in [6.07, 6.45) is 5.85. The number of methoxy groups -OCH3 is 1. The van der Waals surface area contributed by atoms with Crippen LogP contribution in [-0.4, -0.2) is 51.7 Å². The van der Waals surface area contributed by atoms with Gasteiger partial charge in [-0.2, -0.15) is 0 Å². The van der Waals surface area contributed by atoms with Crippen LogP contribution in [0.3, 0.4) is 0 Å². The van der Waals surface area contributed by atoms with Gasteiger partial charge < -0.3 is 28.8 Å². The number of aliphatic hydroxyl groups is 1. The van der Waals surface area contributed by atoms with E-state index in [0.717, 1.165) is 0 Å². The van der Waals surface area contributed by atoms with Gasteiger partial charge in [0.25, 0.3) is 11.7 Å². The molecule has 1 amide bonds. The van der Waals surface area contributed by atoms with Crippen LogP contribution in [0.4, 0.5) is 0 Å². The lowest BCUT2D eigenvalue weighted by molar-refractivity contribution is -0.139. The molecule has 0 bridgehead atoms. The average molecular weight is 461 g/mol. The maximum Gasteiger partial charge on any atom is 0.295 e. The summed E-state index contributed by atoms with van der Waals surface area (Å²) in [4.78, 5) is 31.8. The van der Waals surface area contributed by atoms with Crippen LogP contribution in [0.2, 0.25) is 0 Å². The molecule has 1 saturated heterocycles. The number of carbonyl (C=O) groups excluding carboxylic acids is 2. The van der Waals surface area contributed by atoms with Gasteiger partial charge in [-0.15, -0.1) is 0 Å². The SMILES string of the molecule is COc1ccc(C2C(=C(O)c3ccc4c(c3)OCO4)C(=O)C(=O)N2CCCn2ccnc2)cc1. The van der Waals surface area contributed by atoms with Crippen molar-refractivity contribution < 1.29 is 28.9 Å². The van der Waals surface area contributed by atoms with Crippen molar-refractivity contribution in [2.24, 2.45) is 0 Å². The summed E-state index contributed by atoms with van der Waals surface area (Å²) in [6, 6.07) is 11.3. The Morgan fingerprint density at radius 1 is 1.12 bits per heavy atom. The second kappa shape index (κ2) is 8.93. The van der Waals surface area contributed by atoms with E-state index in [-0.39, 0.29) is 18.1 Å². The van der Waals surface area contributed by atoms with Crippen molar-refractivity contribution in [3.8, 4) is 17.2 Å². The van der Waals surface area contributed by atoms with Crippen LogP contribution >= 0.6 is 0 Å². The molecule has 5 rings (SSSR count). The molecule has 2 aliphatic rings. The molecule has 9 heteroatoms. The van der Waals surface area contributed by atoms with E-state index in [2.05, 4.69) is 4.98 Å². The van der Waals surface area contributed by atoms with Crippen LogP contribution in [0.1, 0.15) is 23.6 Å². The molecule has 2 aliphatic heterocycles. The van der Waals surface area contributed by atoms with Crippen LogP contribution in [0, 0.1) is 0 Å². The molecule has 3 heterocycles. The summed E-state index contributed by atoms with van der Waals surface area (Å²) in [5.41, 5.74) is 1.11. The Morgan fingerprint density at radius 2 is 1.91 bits per heavy atom. The highest BCUT2D eigenvalue weighted by Gasteiger charge is 2.45. The van der Waals surface area contributed by atoms with Crippen LogP contribution in [0.15, 0.2) is 66.8 Å². The van der Waals surface area contributed by atoms with Crippen molar-refractivity contribution in [1.29, 1.82) is 0 Å². The Labute approximate surface area is 195 Å². The van der Waals surface area contributed by atoms with Crippen molar-refractivity contribution in [1.82, 2.24) is 14.5 Å². The van der Waals surface area contributed by atoms with Crippen LogP contribution in [-0.2, 0) is 16.1 Å². The maximum absolute atomic E-state index is 13.2. The van der Waals surface area contributed by atoms with Crippen molar-refractivity contribution >= 4 is 17.4 Å². The average Bonchev–Trinajstić information content (AvgIpc) is 3.60. The number of aromatic nitrogens is 2. The number of rotatable bonds is 7. The van der Waals surface area contributed by atoms with Crippen molar-refractivity contribution in [3.63, 3.8) is 0 Å². The first-order chi connectivity index (χ1) is 16.6. The lowest BCUT2D eigenvalue weighted by Gasteiger charge is -2.25. The van der Waals surface area contributed by atoms with Gasteiger partial charge in [0.2, 0.25) is 6.79 Å². The van der Waals surface area contributed by atoms with Crippen LogP contribution in [0.25, 0.3) is 5.76 Å². The summed E-state index contributed by atoms with van der Waals surface area (Å²) >= 11 is 0. The number of hydrogen-bond acceptors (Lipinski definition) is 7. The molecule has 0 saturated carbocycles. The quantitative estimate of drug-likeness (QED) is 0.328. The number of imidazole rings is 1. The highest BCUT2D eigenvalue weighted by Crippen LogP contribution is 2.41. The summed E-state index contributed by atoms with van der Waals surface area (Å²) in [6.45, 7) is 1.06. The molecule has 1 unspecified atom stereocenters. The third-order valence-corrected chi connectivity index (χ3v) is 5.99. The Bertz CT molecular complexity index is 1250. The number of amides is 1. The van der Waals surface area contributed by atoms with E-state index in [9.17, 15) is 14.7 Å². The van der Waals surface area contributed by atoms with Gasteiger partial charge in [-0.05, 0) is 42.3 Å². The molecule has 1 atom stereocenters. The predicted octanol–water partition coefficient (Wildman–Crippen LogP) is 3.13. The number of hydrogen-bond donors (Lipinski definition) is 1. The predicted molar refractivity (Wildman–Crippen MR) is 121 cm³/mol. The number of likely N-dealkylation sites (tertiary alicyclic amines) is 1. The first-order valence-electron chi connectivity index (χ1n) is 10.8. The lowest BCUT2D eigenvalue weighted by Crippen LogP contribution is -2.31. The number of benzene rings is 2. The summed E-state index contributed by atoms with van der Waals surface area (Å²) in [5, 5.41) is 11.2. The molecule has 9 nitrogen and oxygen atoms in total. The summed E-state index contributed by atoms with van der Waals surface area (Å²) in [5.74, 6) is 0.0568. The minimum Gasteiger partial charge on any atom is -0.507 e. The normalized spacial score (nSPS) is 18.5. The monoisotopic (exact) mass is 461 g/mol. The second-order valence-corrected chi connectivity index (χ2v) is 7.99. The first-order valence-corrected chi connectivity index (χ1v) is 10.8. The summed E-state index contributed by atoms with van der Waals surface area (Å²) in [7, 11) is 1.57. The number of nitrogens with zero attached hydrogens (tertiary/aromatic N) is 3. The molecule has 0 spiro atoms. The van der Waals surface area contributed by atoms with Crippen molar-refractivity contribution in [2.75, 3.05) is 20.4 Å². The van der Waals surface area contributed by atoms with Gasteiger partial charge in [0.1, 0.15) is 11.5 Å². The number of ketones is 1. The standard InChI is InChI=1S/C25H23N3O6/c1-32-18-6-3-16(4-7-18)22-21(23(29)17-5-8-19-20(13-17)34-15-33-19)24(30)25(31)28(22)11-2-10-27-12-9-26-14-27/h3-9,12-14,22,29H,2,10-11,15H2,1H3. The van der Waals surface area contributed by atoms with Gasteiger partial charge in [0.05, 0.1) is 25.1 Å². The van der Waals surface area contributed by atoms with Gasteiger partial charge >= 0.3 is 0 Å². The zero-order valence-corrected chi connectivity index (χ0v) is 18.5. The first kappa shape index (κ1) is 21.6. The molecule has 1 N–H and O–H groups in total. The molecule has 1 aromatic heterocycles. The van der Waals surface area contributed by atoms with Gasteiger partial charge in [-0.1, -0.05) is 12.1 Å². The fourth-order valence-corrected chi connectivity index (χ4v) is 4.29. The molecule has 0 radical (unpaired) electrons. The molecule has 3 aromatic rings. The van der Waals surface area contributed by atoms with Crippen LogP contribution in [0.5, 0.6) is 17.2 Å². The Balaban J connectivity index is 1.53. The molecule has 1 fully saturated rings. The van der Waals surface area contributed by atoms with Gasteiger partial charge in [0, 0.05) is 31.0 Å². The Kier molecular flexibility index (Phi) is 5.67. The summed E-state index contributed by atoms with van der Waals surface area (Å²) < 4.78 is 17.9. The smallest absolute Gasteiger partial charge is 0.295 e. The maximum atomic E-state index is 13.2. The number of Topliss-reactive ketones (excluding diaryl/α,β-unsaturated/α-hetero) is 1. The Hall–Kier alpha value is -4.27. The minimum atomic E-state index is -0.737. The topological polar surface area (TPSA) is 103 Å². The van der Waals surface area contributed by atoms with E-state index in [4.69, 9.17) is 14.2 Å². The highest BCUT2D eigenvalue weighted by molar-refractivity contribution is 6.46. The van der Waals surface area contributed by atoms with Crippen molar-refractivity contribution in [2.45, 2.75) is 19.0 Å². The number of fused-ring (bicyclic) bond motifs is 1. The third kappa shape index (κ3) is 3.85. The highest BCUT2D eigenvalue weighted by atomic mass is 16.7. The van der Waals surface area contributed by atoms with E-state index in [1.54, 1.807) is 62.1 Å². The van der Waals surface area contributed by atoms with E-state index in [1.807, 2.05) is 10.8 Å². The van der Waals surface area contributed by atoms with E-state index >= 15 is 0 Å². The van der Waals surface area contributed by atoms with E-state index < -0.39 is 17.7 Å². The number of aryl methyl sites for hydroxylation is 1. The van der Waals surface area contributed by atoms with Gasteiger partial charge in [-0.3, -0.25) is 9.59 Å². The van der Waals surface area contributed by atoms with Crippen LogP contribution < -0.4 is 14.2 Å². The molecular weight excluding hydrogens is 438 g/mol.